The van der Waals surface area contributed by atoms with Gasteiger partial charge in [0.2, 0.25) is 0 Å². The zero-order valence-electron chi connectivity index (χ0n) is 17.8. The first-order valence-corrected chi connectivity index (χ1v) is 11.3. The molecule has 4 aromatic rings. The minimum absolute atomic E-state index is 0.260. The molecule has 1 aromatic carbocycles. The SMILES string of the molecule is Fc1ccc(-c2nc3ccc(N4CC[C@H]5CNCC[C@H]5C4)nn3c2-c2ccncc2)cc1. The van der Waals surface area contributed by atoms with Gasteiger partial charge in [0, 0.05) is 36.6 Å². The van der Waals surface area contributed by atoms with Crippen LogP contribution in [0.15, 0.2) is 60.9 Å². The van der Waals surface area contributed by atoms with Crippen LogP contribution in [0, 0.1) is 17.7 Å². The maximum Gasteiger partial charge on any atom is 0.155 e. The first-order chi connectivity index (χ1) is 15.8. The third-order valence-electron chi connectivity index (χ3n) is 6.85. The molecule has 2 fully saturated rings. The number of nitrogens with one attached hydrogen (secondary N) is 1. The van der Waals surface area contributed by atoms with E-state index in [1.54, 1.807) is 24.5 Å². The van der Waals surface area contributed by atoms with E-state index in [2.05, 4.69) is 21.3 Å². The largest absolute Gasteiger partial charge is 0.355 e. The van der Waals surface area contributed by atoms with Crippen LogP contribution < -0.4 is 10.2 Å². The van der Waals surface area contributed by atoms with Crippen LogP contribution in [0.4, 0.5) is 10.2 Å². The van der Waals surface area contributed by atoms with Crippen LogP contribution in [0.5, 0.6) is 0 Å². The molecule has 7 heteroatoms. The van der Waals surface area contributed by atoms with Crippen molar-refractivity contribution in [2.45, 2.75) is 12.8 Å². The summed E-state index contributed by atoms with van der Waals surface area (Å²) in [4.78, 5) is 11.5. The van der Waals surface area contributed by atoms with Crippen LogP contribution in [0.1, 0.15) is 12.8 Å². The number of pyridine rings is 1. The number of aromatic nitrogens is 4. The highest BCUT2D eigenvalue weighted by Gasteiger charge is 2.32. The Labute approximate surface area is 186 Å². The number of imidazole rings is 1. The van der Waals surface area contributed by atoms with Gasteiger partial charge in [-0.3, -0.25) is 4.98 Å². The van der Waals surface area contributed by atoms with Gasteiger partial charge in [0.05, 0.1) is 5.69 Å². The van der Waals surface area contributed by atoms with E-state index in [0.717, 1.165) is 72.0 Å². The second kappa shape index (κ2) is 7.98. The van der Waals surface area contributed by atoms with Gasteiger partial charge >= 0.3 is 0 Å². The van der Waals surface area contributed by atoms with Crippen LogP contribution in [0.3, 0.4) is 0 Å². The molecule has 0 bridgehead atoms. The van der Waals surface area contributed by atoms with Crippen molar-refractivity contribution in [3.05, 3.63) is 66.7 Å². The first kappa shape index (κ1) is 19.4. The highest BCUT2D eigenvalue weighted by atomic mass is 19.1. The Morgan fingerprint density at radius 2 is 1.75 bits per heavy atom. The maximum absolute atomic E-state index is 13.6. The Balaban J connectivity index is 1.45. The molecule has 2 aliphatic heterocycles. The number of rotatable bonds is 3. The van der Waals surface area contributed by atoms with E-state index in [-0.39, 0.29) is 5.82 Å². The van der Waals surface area contributed by atoms with Crippen molar-refractivity contribution in [3.8, 4) is 22.5 Å². The third-order valence-corrected chi connectivity index (χ3v) is 6.85. The van der Waals surface area contributed by atoms with Crippen molar-refractivity contribution in [3.63, 3.8) is 0 Å². The second-order valence-electron chi connectivity index (χ2n) is 8.76. The fourth-order valence-electron chi connectivity index (χ4n) is 5.13. The third kappa shape index (κ3) is 3.42. The molecule has 2 atom stereocenters. The maximum atomic E-state index is 13.6. The summed E-state index contributed by atoms with van der Waals surface area (Å²) in [5.74, 6) is 2.21. The van der Waals surface area contributed by atoms with Crippen molar-refractivity contribution in [1.82, 2.24) is 24.9 Å². The minimum atomic E-state index is -0.260. The summed E-state index contributed by atoms with van der Waals surface area (Å²) in [5.41, 5.74) is 4.30. The standard InChI is InChI=1S/C25H25FN6/c26-21-3-1-17(2-4-21)24-25(18-7-11-27-12-8-18)32-22(29-24)5-6-23(30-32)31-14-10-19-15-28-13-9-20(19)16-31/h1-8,11-12,19-20,28H,9-10,13-16H2/t19-,20-/m0/s1. The predicted octanol–water partition coefficient (Wildman–Crippen LogP) is 4.03. The number of halogens is 1. The van der Waals surface area contributed by atoms with Crippen LogP contribution in [-0.2, 0) is 0 Å². The molecule has 0 spiro atoms. The molecule has 0 unspecified atom stereocenters. The Hall–Kier alpha value is -3.32. The van der Waals surface area contributed by atoms with E-state index in [9.17, 15) is 4.39 Å². The summed E-state index contributed by atoms with van der Waals surface area (Å²) in [6.45, 7) is 4.32. The average Bonchev–Trinajstić information content (AvgIpc) is 3.23. The first-order valence-electron chi connectivity index (χ1n) is 11.3. The summed E-state index contributed by atoms with van der Waals surface area (Å²) >= 11 is 0. The molecule has 162 valence electrons. The monoisotopic (exact) mass is 428 g/mol. The lowest BCUT2D eigenvalue weighted by atomic mass is 9.81. The van der Waals surface area contributed by atoms with Gasteiger partial charge in [0.1, 0.15) is 17.3 Å². The number of hydrogen-bond acceptors (Lipinski definition) is 5. The topological polar surface area (TPSA) is 58.4 Å². The fraction of sp³-hybridized carbons (Fsp3) is 0.320. The molecule has 6 nitrogen and oxygen atoms in total. The van der Waals surface area contributed by atoms with Crippen LogP contribution >= 0.6 is 0 Å². The van der Waals surface area contributed by atoms with E-state index in [1.165, 1.54) is 25.0 Å². The van der Waals surface area contributed by atoms with Gasteiger partial charge in [-0.25, -0.2) is 13.9 Å². The lowest BCUT2D eigenvalue weighted by molar-refractivity contribution is 0.217. The van der Waals surface area contributed by atoms with Gasteiger partial charge < -0.3 is 10.2 Å². The highest BCUT2D eigenvalue weighted by molar-refractivity contribution is 5.81. The smallest absolute Gasteiger partial charge is 0.155 e. The van der Waals surface area contributed by atoms with E-state index in [1.807, 2.05) is 22.7 Å². The van der Waals surface area contributed by atoms with E-state index in [0.29, 0.717) is 0 Å². The van der Waals surface area contributed by atoms with E-state index >= 15 is 0 Å². The number of benzene rings is 1. The molecule has 5 heterocycles. The molecule has 2 saturated heterocycles. The van der Waals surface area contributed by atoms with Crippen molar-refractivity contribution >= 4 is 11.5 Å². The quantitative estimate of drug-likeness (QED) is 0.534. The summed E-state index contributed by atoms with van der Waals surface area (Å²) < 4.78 is 15.5. The van der Waals surface area contributed by atoms with E-state index in [4.69, 9.17) is 10.1 Å². The van der Waals surface area contributed by atoms with Gasteiger partial charge in [0.25, 0.3) is 0 Å². The van der Waals surface area contributed by atoms with Crippen LogP contribution in [0.25, 0.3) is 28.2 Å². The molecule has 0 amide bonds. The average molecular weight is 429 g/mol. The predicted molar refractivity (Wildman–Crippen MR) is 123 cm³/mol. The van der Waals surface area contributed by atoms with Crippen molar-refractivity contribution in [2.75, 3.05) is 31.1 Å². The van der Waals surface area contributed by atoms with Gasteiger partial charge in [-0.15, -0.1) is 5.10 Å². The van der Waals surface area contributed by atoms with E-state index < -0.39 is 0 Å². The lowest BCUT2D eigenvalue weighted by Crippen LogP contribution is -2.48. The number of hydrogen-bond donors (Lipinski definition) is 1. The van der Waals surface area contributed by atoms with Gasteiger partial charge in [-0.05, 0) is 86.3 Å². The number of nitrogens with zero attached hydrogens (tertiary/aromatic N) is 5. The Morgan fingerprint density at radius 3 is 2.59 bits per heavy atom. The fourth-order valence-corrected chi connectivity index (χ4v) is 5.13. The summed E-state index contributed by atoms with van der Waals surface area (Å²) in [7, 11) is 0. The molecule has 1 N–H and O–H groups in total. The number of fused-ring (bicyclic) bond motifs is 2. The second-order valence-corrected chi connectivity index (χ2v) is 8.76. The molecular formula is C25H25FN6. The Bertz CT molecular complexity index is 1240. The molecule has 0 saturated carbocycles. The molecular weight excluding hydrogens is 403 g/mol. The molecule has 0 radical (unpaired) electrons. The summed E-state index contributed by atoms with van der Waals surface area (Å²) in [6, 6.07) is 14.5. The molecule has 6 rings (SSSR count). The lowest BCUT2D eigenvalue weighted by Gasteiger charge is -2.41. The zero-order chi connectivity index (χ0) is 21.5. The van der Waals surface area contributed by atoms with Crippen LogP contribution in [-0.4, -0.2) is 45.8 Å². The number of anilines is 1. The van der Waals surface area contributed by atoms with Crippen molar-refractivity contribution in [1.29, 1.82) is 0 Å². The molecule has 2 aliphatic rings. The molecule has 32 heavy (non-hydrogen) atoms. The van der Waals surface area contributed by atoms with Gasteiger partial charge in [-0.2, -0.15) is 0 Å². The molecule has 3 aromatic heterocycles. The van der Waals surface area contributed by atoms with Crippen molar-refractivity contribution in [2.24, 2.45) is 11.8 Å². The molecule has 0 aliphatic carbocycles. The highest BCUT2D eigenvalue weighted by Crippen LogP contribution is 2.34. The summed E-state index contributed by atoms with van der Waals surface area (Å²) in [5, 5.41) is 8.58. The Morgan fingerprint density at radius 1 is 0.906 bits per heavy atom. The minimum Gasteiger partial charge on any atom is -0.355 e. The zero-order valence-corrected chi connectivity index (χ0v) is 17.8. The van der Waals surface area contributed by atoms with Crippen LogP contribution in [0.2, 0.25) is 0 Å². The van der Waals surface area contributed by atoms with Gasteiger partial charge in [0.15, 0.2) is 5.65 Å². The Kier molecular flexibility index (Phi) is 4.83. The van der Waals surface area contributed by atoms with Crippen molar-refractivity contribution < 1.29 is 4.39 Å². The van der Waals surface area contributed by atoms with Gasteiger partial charge in [-0.1, -0.05) is 0 Å². The number of piperidine rings is 2. The normalized spacial score (nSPS) is 21.0. The summed E-state index contributed by atoms with van der Waals surface area (Å²) in [6.07, 6.45) is 5.97.